The second kappa shape index (κ2) is 7.73. The fourth-order valence-corrected chi connectivity index (χ4v) is 1.30. The van der Waals surface area contributed by atoms with Crippen LogP contribution < -0.4 is 10.6 Å². The molecule has 1 amide bonds. The average molecular weight is 298 g/mol. The Kier molecular flexibility index (Phi) is 7.46. The van der Waals surface area contributed by atoms with Gasteiger partial charge in [0.05, 0.1) is 0 Å². The van der Waals surface area contributed by atoms with Gasteiger partial charge in [0.2, 0.25) is 0 Å². The third kappa shape index (κ3) is 5.20. The summed E-state index contributed by atoms with van der Waals surface area (Å²) >= 11 is 3.14. The summed E-state index contributed by atoms with van der Waals surface area (Å²) < 4.78 is 5.66. The Morgan fingerprint density at radius 3 is 2.73 bits per heavy atom. The third-order valence-corrected chi connectivity index (χ3v) is 2.11. The Morgan fingerprint density at radius 2 is 2.20 bits per heavy atom. The molecular formula is C9H14BrClN2O2. The topological polar surface area (TPSA) is 54.3 Å². The summed E-state index contributed by atoms with van der Waals surface area (Å²) in [4.78, 5) is 11.4. The van der Waals surface area contributed by atoms with Gasteiger partial charge in [-0.3, -0.25) is 4.79 Å². The van der Waals surface area contributed by atoms with Gasteiger partial charge in [-0.25, -0.2) is 0 Å². The second-order valence-electron chi connectivity index (χ2n) is 2.82. The van der Waals surface area contributed by atoms with E-state index in [2.05, 4.69) is 26.6 Å². The number of hydrogen-bond acceptors (Lipinski definition) is 3. The van der Waals surface area contributed by atoms with E-state index in [-0.39, 0.29) is 18.3 Å². The largest absolute Gasteiger partial charge is 0.444 e. The zero-order valence-corrected chi connectivity index (χ0v) is 10.8. The van der Waals surface area contributed by atoms with E-state index >= 15 is 0 Å². The maximum Gasteiger partial charge on any atom is 0.287 e. The summed E-state index contributed by atoms with van der Waals surface area (Å²) in [5.74, 6) is 0.160. The van der Waals surface area contributed by atoms with Gasteiger partial charge in [-0.05, 0) is 48.1 Å². The quantitative estimate of drug-likeness (QED) is 0.815. The molecule has 6 heteroatoms. The van der Waals surface area contributed by atoms with Crippen LogP contribution in [-0.4, -0.2) is 26.0 Å². The van der Waals surface area contributed by atoms with E-state index in [1.165, 1.54) is 0 Å². The van der Waals surface area contributed by atoms with Crippen molar-refractivity contribution in [2.45, 2.75) is 6.42 Å². The highest BCUT2D eigenvalue weighted by molar-refractivity contribution is 9.10. The first-order valence-electron chi connectivity index (χ1n) is 4.42. The van der Waals surface area contributed by atoms with Crippen LogP contribution in [0, 0.1) is 0 Å². The number of carbonyl (C=O) groups excluding carboxylic acids is 1. The molecule has 0 fully saturated rings. The molecule has 0 saturated heterocycles. The van der Waals surface area contributed by atoms with Crippen molar-refractivity contribution in [3.05, 3.63) is 22.6 Å². The van der Waals surface area contributed by atoms with E-state index in [0.717, 1.165) is 13.0 Å². The first-order valence-corrected chi connectivity index (χ1v) is 5.21. The molecule has 0 bridgehead atoms. The van der Waals surface area contributed by atoms with Gasteiger partial charge in [0, 0.05) is 6.54 Å². The van der Waals surface area contributed by atoms with E-state index in [0.29, 0.717) is 17.0 Å². The fraction of sp³-hybridized carbons (Fsp3) is 0.444. The first kappa shape index (κ1) is 14.5. The third-order valence-electron chi connectivity index (χ3n) is 1.69. The Bertz CT molecular complexity index is 304. The van der Waals surface area contributed by atoms with Crippen LogP contribution in [0.4, 0.5) is 0 Å². The number of amides is 1. The number of furan rings is 1. The van der Waals surface area contributed by atoms with Crippen molar-refractivity contribution in [1.82, 2.24) is 10.6 Å². The molecule has 0 spiro atoms. The number of carbonyl (C=O) groups is 1. The van der Waals surface area contributed by atoms with Gasteiger partial charge in [-0.15, -0.1) is 12.4 Å². The second-order valence-corrected chi connectivity index (χ2v) is 3.60. The van der Waals surface area contributed by atoms with Crippen LogP contribution in [0.1, 0.15) is 17.0 Å². The molecule has 2 N–H and O–H groups in total. The van der Waals surface area contributed by atoms with E-state index in [9.17, 15) is 4.79 Å². The van der Waals surface area contributed by atoms with Crippen LogP contribution in [0.25, 0.3) is 0 Å². The van der Waals surface area contributed by atoms with Gasteiger partial charge in [0.1, 0.15) is 0 Å². The molecule has 0 atom stereocenters. The van der Waals surface area contributed by atoms with Crippen molar-refractivity contribution >= 4 is 34.2 Å². The molecule has 1 heterocycles. The Balaban J connectivity index is 0.00000196. The zero-order valence-electron chi connectivity index (χ0n) is 8.38. The molecule has 0 aliphatic heterocycles. The number of rotatable bonds is 5. The molecule has 1 aromatic heterocycles. The van der Waals surface area contributed by atoms with Crippen molar-refractivity contribution in [2.24, 2.45) is 0 Å². The number of hydrogen-bond donors (Lipinski definition) is 2. The summed E-state index contributed by atoms with van der Waals surface area (Å²) in [5, 5.41) is 5.76. The lowest BCUT2D eigenvalue weighted by Crippen LogP contribution is -2.26. The molecule has 0 aromatic carbocycles. The minimum Gasteiger partial charge on any atom is -0.444 e. The highest BCUT2D eigenvalue weighted by atomic mass is 79.9. The van der Waals surface area contributed by atoms with Gasteiger partial charge in [0.15, 0.2) is 10.4 Å². The van der Waals surface area contributed by atoms with E-state index in [1.807, 2.05) is 7.05 Å². The minimum atomic E-state index is -0.174. The van der Waals surface area contributed by atoms with Gasteiger partial charge in [-0.2, -0.15) is 0 Å². The summed E-state index contributed by atoms with van der Waals surface area (Å²) in [7, 11) is 1.88. The molecular weight excluding hydrogens is 283 g/mol. The van der Waals surface area contributed by atoms with Crippen LogP contribution in [0.3, 0.4) is 0 Å². The SMILES string of the molecule is CNCCCNC(=O)c1ccc(Br)o1.Cl. The predicted molar refractivity (Wildman–Crippen MR) is 64.5 cm³/mol. The smallest absolute Gasteiger partial charge is 0.287 e. The highest BCUT2D eigenvalue weighted by Crippen LogP contribution is 2.13. The summed E-state index contributed by atoms with van der Waals surface area (Å²) in [5.41, 5.74) is 0. The standard InChI is InChI=1S/C9H13BrN2O2.ClH/c1-11-5-2-6-12-9(13)7-3-4-8(10)14-7;/h3-4,11H,2,5-6H2,1H3,(H,12,13);1H. The van der Waals surface area contributed by atoms with Crippen molar-refractivity contribution in [1.29, 1.82) is 0 Å². The zero-order chi connectivity index (χ0) is 10.4. The van der Waals surface area contributed by atoms with Crippen molar-refractivity contribution in [3.8, 4) is 0 Å². The minimum absolute atomic E-state index is 0. The van der Waals surface area contributed by atoms with Crippen molar-refractivity contribution < 1.29 is 9.21 Å². The molecule has 0 aliphatic rings. The lowest BCUT2D eigenvalue weighted by Gasteiger charge is -2.01. The maximum atomic E-state index is 11.4. The van der Waals surface area contributed by atoms with Crippen LogP contribution in [0.5, 0.6) is 0 Å². The van der Waals surface area contributed by atoms with Crippen molar-refractivity contribution in [3.63, 3.8) is 0 Å². The molecule has 4 nitrogen and oxygen atoms in total. The molecule has 1 aromatic rings. The Labute approximate surface area is 103 Å². The number of halogens is 2. The van der Waals surface area contributed by atoms with Crippen LogP contribution in [0.2, 0.25) is 0 Å². The summed E-state index contributed by atoms with van der Waals surface area (Å²) in [6.45, 7) is 1.54. The monoisotopic (exact) mass is 296 g/mol. The molecule has 0 radical (unpaired) electrons. The summed E-state index contributed by atoms with van der Waals surface area (Å²) in [6.07, 6.45) is 0.907. The molecule has 15 heavy (non-hydrogen) atoms. The van der Waals surface area contributed by atoms with Gasteiger partial charge < -0.3 is 15.1 Å². The summed E-state index contributed by atoms with van der Waals surface area (Å²) in [6, 6.07) is 3.33. The van der Waals surface area contributed by atoms with Gasteiger partial charge in [0.25, 0.3) is 5.91 Å². The Hall–Kier alpha value is -0.520. The van der Waals surface area contributed by atoms with Gasteiger partial charge >= 0.3 is 0 Å². The predicted octanol–water partition coefficient (Wildman–Crippen LogP) is 1.80. The lowest BCUT2D eigenvalue weighted by atomic mass is 10.4. The lowest BCUT2D eigenvalue weighted by molar-refractivity contribution is 0.0924. The van der Waals surface area contributed by atoms with Crippen LogP contribution in [-0.2, 0) is 0 Å². The fourth-order valence-electron chi connectivity index (χ4n) is 0.991. The molecule has 0 aliphatic carbocycles. The molecule has 0 unspecified atom stereocenters. The Morgan fingerprint density at radius 1 is 1.47 bits per heavy atom. The van der Waals surface area contributed by atoms with E-state index < -0.39 is 0 Å². The normalized spacial score (nSPS) is 9.47. The highest BCUT2D eigenvalue weighted by Gasteiger charge is 2.08. The van der Waals surface area contributed by atoms with E-state index in [4.69, 9.17) is 4.42 Å². The van der Waals surface area contributed by atoms with Gasteiger partial charge in [-0.1, -0.05) is 0 Å². The van der Waals surface area contributed by atoms with Crippen LogP contribution >= 0.6 is 28.3 Å². The van der Waals surface area contributed by atoms with Crippen LogP contribution in [0.15, 0.2) is 21.2 Å². The average Bonchev–Trinajstić information content (AvgIpc) is 2.59. The molecule has 86 valence electrons. The maximum absolute atomic E-state index is 11.4. The first-order chi connectivity index (χ1) is 6.74. The van der Waals surface area contributed by atoms with Crippen molar-refractivity contribution in [2.75, 3.05) is 20.1 Å². The van der Waals surface area contributed by atoms with E-state index in [1.54, 1.807) is 12.1 Å². The molecule has 0 saturated carbocycles. The number of nitrogens with one attached hydrogen (secondary N) is 2. The molecule has 1 rings (SSSR count).